The molecule has 0 radical (unpaired) electrons. The number of allylic oxidation sites excluding steroid dienone is 2. The summed E-state index contributed by atoms with van der Waals surface area (Å²) >= 11 is 0. The molecule has 18 heavy (non-hydrogen) atoms. The lowest BCUT2D eigenvalue weighted by Crippen LogP contribution is -2.08. The Morgan fingerprint density at radius 1 is 1.17 bits per heavy atom. The van der Waals surface area contributed by atoms with Crippen molar-refractivity contribution in [3.63, 3.8) is 0 Å². The molecule has 0 aromatic heterocycles. The molecule has 0 spiro atoms. The first-order valence-corrected chi connectivity index (χ1v) is 7.40. The Bertz CT molecular complexity index is 301. The van der Waals surface area contributed by atoms with Crippen molar-refractivity contribution in [2.45, 2.75) is 66.7 Å². The zero-order chi connectivity index (χ0) is 14.0. The molecule has 0 aromatic carbocycles. The summed E-state index contributed by atoms with van der Waals surface area (Å²) in [5.41, 5.74) is 2.51. The average molecular weight is 249 g/mol. The lowest BCUT2D eigenvalue weighted by atomic mass is 9.94. The average Bonchev–Trinajstić information content (AvgIpc) is 2.33. The maximum absolute atomic E-state index is 3.36. The largest absolute Gasteiger partial charge is 0.391 e. The third kappa shape index (κ3) is 8.23. The summed E-state index contributed by atoms with van der Waals surface area (Å²) in [6, 6.07) is 0. The van der Waals surface area contributed by atoms with Gasteiger partial charge in [0.1, 0.15) is 0 Å². The van der Waals surface area contributed by atoms with E-state index < -0.39 is 0 Å². The minimum atomic E-state index is 0.444. The zero-order valence-corrected chi connectivity index (χ0v) is 13.2. The summed E-state index contributed by atoms with van der Waals surface area (Å²) in [6.07, 6.45) is 6.43. The molecule has 0 fully saturated rings. The van der Waals surface area contributed by atoms with Gasteiger partial charge in [-0.3, -0.25) is 0 Å². The third-order valence-corrected chi connectivity index (χ3v) is 3.19. The molecule has 0 aromatic rings. The van der Waals surface area contributed by atoms with Crippen molar-refractivity contribution in [3.05, 3.63) is 11.3 Å². The normalized spacial score (nSPS) is 13.7. The van der Waals surface area contributed by atoms with Crippen molar-refractivity contribution in [3.8, 4) is 11.8 Å². The standard InChI is InChI=1S/C17H31N/c1-7-8-9-10-15(4)13-17(16(5)18-6)12-11-14(2)3/h14-15,18H,7-10,13H2,1-6H3/b17-16+/t15-/m1/s1. The van der Waals surface area contributed by atoms with Crippen LogP contribution in [0.15, 0.2) is 11.3 Å². The summed E-state index contributed by atoms with van der Waals surface area (Å²) < 4.78 is 0. The molecule has 0 rings (SSSR count). The molecule has 1 atom stereocenters. The van der Waals surface area contributed by atoms with Crippen LogP contribution in [0.3, 0.4) is 0 Å². The molecular weight excluding hydrogens is 218 g/mol. The highest BCUT2D eigenvalue weighted by molar-refractivity contribution is 5.32. The fraction of sp³-hybridized carbons (Fsp3) is 0.765. The van der Waals surface area contributed by atoms with E-state index in [1.165, 1.54) is 37.0 Å². The predicted octanol–water partition coefficient (Wildman–Crippen LogP) is 4.75. The van der Waals surface area contributed by atoms with Gasteiger partial charge in [0.05, 0.1) is 0 Å². The van der Waals surface area contributed by atoms with Gasteiger partial charge in [-0.25, -0.2) is 0 Å². The Hall–Kier alpha value is -0.900. The van der Waals surface area contributed by atoms with Crippen molar-refractivity contribution >= 4 is 0 Å². The van der Waals surface area contributed by atoms with Crippen LogP contribution >= 0.6 is 0 Å². The predicted molar refractivity (Wildman–Crippen MR) is 82.3 cm³/mol. The monoisotopic (exact) mass is 249 g/mol. The van der Waals surface area contributed by atoms with Crippen molar-refractivity contribution in [1.82, 2.24) is 5.32 Å². The van der Waals surface area contributed by atoms with E-state index in [0.29, 0.717) is 5.92 Å². The number of nitrogens with one attached hydrogen (secondary N) is 1. The van der Waals surface area contributed by atoms with E-state index in [1.807, 2.05) is 7.05 Å². The smallest absolute Gasteiger partial charge is 0.0209 e. The quantitative estimate of drug-likeness (QED) is 0.507. The Kier molecular flexibility index (Phi) is 9.56. The topological polar surface area (TPSA) is 12.0 Å². The number of hydrogen-bond acceptors (Lipinski definition) is 1. The van der Waals surface area contributed by atoms with Crippen LogP contribution in [0.25, 0.3) is 0 Å². The molecule has 0 aliphatic carbocycles. The highest BCUT2D eigenvalue weighted by atomic mass is 14.8. The maximum atomic E-state index is 3.36. The van der Waals surface area contributed by atoms with E-state index in [2.05, 4.69) is 51.8 Å². The molecule has 0 amide bonds. The van der Waals surface area contributed by atoms with Crippen LogP contribution in [0.2, 0.25) is 0 Å². The molecule has 0 unspecified atom stereocenters. The van der Waals surface area contributed by atoms with E-state index in [0.717, 1.165) is 12.3 Å². The number of hydrogen-bond donors (Lipinski definition) is 1. The summed E-state index contributed by atoms with van der Waals surface area (Å²) in [4.78, 5) is 0. The van der Waals surface area contributed by atoms with Gasteiger partial charge in [0, 0.05) is 24.2 Å². The van der Waals surface area contributed by atoms with Crippen molar-refractivity contribution < 1.29 is 0 Å². The first-order chi connectivity index (χ1) is 8.51. The molecule has 1 nitrogen and oxygen atoms in total. The van der Waals surface area contributed by atoms with Gasteiger partial charge in [-0.1, -0.05) is 65.2 Å². The number of rotatable bonds is 7. The minimum absolute atomic E-state index is 0.444. The molecule has 0 aliphatic rings. The maximum Gasteiger partial charge on any atom is 0.0209 e. The van der Waals surface area contributed by atoms with Crippen LogP contribution in [0.1, 0.15) is 66.7 Å². The Morgan fingerprint density at radius 2 is 1.83 bits per heavy atom. The lowest BCUT2D eigenvalue weighted by molar-refractivity contribution is 0.493. The van der Waals surface area contributed by atoms with Crippen LogP contribution < -0.4 is 5.32 Å². The molecule has 0 aliphatic heterocycles. The minimum Gasteiger partial charge on any atom is -0.391 e. The van der Waals surface area contributed by atoms with Gasteiger partial charge in [-0.15, -0.1) is 0 Å². The van der Waals surface area contributed by atoms with Gasteiger partial charge in [-0.05, 0) is 19.3 Å². The molecule has 1 N–H and O–H groups in total. The first kappa shape index (κ1) is 17.1. The molecule has 0 saturated carbocycles. The van der Waals surface area contributed by atoms with Crippen molar-refractivity contribution in [1.29, 1.82) is 0 Å². The summed E-state index contributed by atoms with van der Waals surface area (Å²) in [7, 11) is 1.98. The molecule has 104 valence electrons. The summed E-state index contributed by atoms with van der Waals surface area (Å²) in [5, 5.41) is 3.24. The van der Waals surface area contributed by atoms with Crippen LogP contribution in [-0.2, 0) is 0 Å². The highest BCUT2D eigenvalue weighted by Crippen LogP contribution is 2.19. The molecule has 1 heteroatoms. The molecular formula is C17H31N. The van der Waals surface area contributed by atoms with E-state index in [4.69, 9.17) is 0 Å². The highest BCUT2D eigenvalue weighted by Gasteiger charge is 2.07. The van der Waals surface area contributed by atoms with Gasteiger partial charge in [0.25, 0.3) is 0 Å². The van der Waals surface area contributed by atoms with E-state index in [1.54, 1.807) is 0 Å². The SMILES string of the molecule is CCCCC[C@@H](C)C/C(C#CC(C)C)=C(\C)NC. The zero-order valence-electron chi connectivity index (χ0n) is 13.2. The van der Waals surface area contributed by atoms with Gasteiger partial charge >= 0.3 is 0 Å². The van der Waals surface area contributed by atoms with Gasteiger partial charge in [-0.2, -0.15) is 0 Å². The Morgan fingerprint density at radius 3 is 2.33 bits per heavy atom. The lowest BCUT2D eigenvalue weighted by Gasteiger charge is -2.13. The van der Waals surface area contributed by atoms with Gasteiger partial charge < -0.3 is 5.32 Å². The van der Waals surface area contributed by atoms with Crippen molar-refractivity contribution in [2.24, 2.45) is 11.8 Å². The van der Waals surface area contributed by atoms with Crippen LogP contribution in [-0.4, -0.2) is 7.05 Å². The second-order valence-electron chi connectivity index (χ2n) is 5.58. The van der Waals surface area contributed by atoms with Crippen LogP contribution in [0.4, 0.5) is 0 Å². The van der Waals surface area contributed by atoms with E-state index in [9.17, 15) is 0 Å². The Balaban J connectivity index is 4.49. The third-order valence-electron chi connectivity index (χ3n) is 3.19. The van der Waals surface area contributed by atoms with Gasteiger partial charge in [0.15, 0.2) is 0 Å². The first-order valence-electron chi connectivity index (χ1n) is 7.40. The fourth-order valence-corrected chi connectivity index (χ4v) is 1.87. The molecule has 0 heterocycles. The van der Waals surface area contributed by atoms with Gasteiger partial charge in [0.2, 0.25) is 0 Å². The van der Waals surface area contributed by atoms with E-state index >= 15 is 0 Å². The van der Waals surface area contributed by atoms with Crippen molar-refractivity contribution in [2.75, 3.05) is 7.05 Å². The molecule has 0 saturated heterocycles. The number of unbranched alkanes of at least 4 members (excludes halogenated alkanes) is 2. The second-order valence-corrected chi connectivity index (χ2v) is 5.58. The Labute approximate surface area is 114 Å². The van der Waals surface area contributed by atoms with Crippen LogP contribution in [0, 0.1) is 23.7 Å². The van der Waals surface area contributed by atoms with E-state index in [-0.39, 0.29) is 0 Å². The summed E-state index contributed by atoms with van der Waals surface area (Å²) in [6.45, 7) is 11.0. The second kappa shape index (κ2) is 10.1. The van der Waals surface area contributed by atoms with Crippen LogP contribution in [0.5, 0.6) is 0 Å². The fourth-order valence-electron chi connectivity index (χ4n) is 1.87. The summed E-state index contributed by atoms with van der Waals surface area (Å²) in [5.74, 6) is 7.82. The molecule has 0 bridgehead atoms.